The van der Waals surface area contributed by atoms with Crippen molar-refractivity contribution >= 4 is 22.6 Å². The first-order valence-corrected chi connectivity index (χ1v) is 11.0. The number of carbonyl (C=O) groups is 1. The smallest absolute Gasteiger partial charge is 0.269 e. The van der Waals surface area contributed by atoms with Crippen molar-refractivity contribution in [1.29, 1.82) is 0 Å². The molecule has 11 nitrogen and oxygen atoms in total. The Labute approximate surface area is 200 Å². The predicted molar refractivity (Wildman–Crippen MR) is 128 cm³/mol. The molecule has 4 aromatic rings. The summed E-state index contributed by atoms with van der Waals surface area (Å²) in [6.45, 7) is 0.956. The fourth-order valence-electron chi connectivity index (χ4n) is 3.63. The van der Waals surface area contributed by atoms with Crippen molar-refractivity contribution in [2.24, 2.45) is 0 Å². The van der Waals surface area contributed by atoms with Gasteiger partial charge in [-0.15, -0.1) is 0 Å². The van der Waals surface area contributed by atoms with E-state index in [2.05, 4.69) is 15.4 Å². The Morgan fingerprint density at radius 2 is 1.83 bits per heavy atom. The van der Waals surface area contributed by atoms with Gasteiger partial charge in [0.05, 0.1) is 31.3 Å². The van der Waals surface area contributed by atoms with Crippen molar-refractivity contribution in [3.05, 3.63) is 92.7 Å². The number of nitrogens with zero attached hydrogens (tertiary/aromatic N) is 5. The van der Waals surface area contributed by atoms with Gasteiger partial charge in [-0.1, -0.05) is 24.3 Å². The van der Waals surface area contributed by atoms with E-state index in [1.54, 1.807) is 23.9 Å². The van der Waals surface area contributed by atoms with Crippen LogP contribution in [-0.2, 0) is 24.3 Å². The van der Waals surface area contributed by atoms with Crippen molar-refractivity contribution in [2.45, 2.75) is 25.9 Å². The van der Waals surface area contributed by atoms with Gasteiger partial charge in [-0.05, 0) is 29.7 Å². The first kappa shape index (κ1) is 23.6. The van der Waals surface area contributed by atoms with Gasteiger partial charge >= 0.3 is 0 Å². The minimum Gasteiger partial charge on any atom is -0.497 e. The van der Waals surface area contributed by atoms with Crippen molar-refractivity contribution in [3.63, 3.8) is 0 Å². The Hall–Kier alpha value is -4.54. The highest BCUT2D eigenvalue weighted by Gasteiger charge is 2.12. The maximum atomic E-state index is 12.8. The summed E-state index contributed by atoms with van der Waals surface area (Å²) in [6, 6.07) is 13.6. The molecule has 0 atom stereocenters. The summed E-state index contributed by atoms with van der Waals surface area (Å²) >= 11 is 0. The summed E-state index contributed by atoms with van der Waals surface area (Å²) in [5.74, 6) is 0.701. The maximum absolute atomic E-state index is 12.8. The highest BCUT2D eigenvalue weighted by molar-refractivity contribution is 5.76. The van der Waals surface area contributed by atoms with Crippen LogP contribution in [0.15, 0.2) is 65.8 Å². The van der Waals surface area contributed by atoms with E-state index in [1.807, 2.05) is 24.3 Å². The Kier molecular flexibility index (Phi) is 7.15. The number of ether oxygens (including phenoxy) is 1. The Bertz CT molecular complexity index is 1390. The summed E-state index contributed by atoms with van der Waals surface area (Å²) in [6.07, 6.45) is 3.87. The van der Waals surface area contributed by atoms with Crippen LogP contribution in [0.3, 0.4) is 0 Å². The van der Waals surface area contributed by atoms with Crippen LogP contribution in [0.5, 0.6) is 5.75 Å². The first-order chi connectivity index (χ1) is 16.9. The fraction of sp³-hybridized carbons (Fsp3) is 0.250. The van der Waals surface area contributed by atoms with Gasteiger partial charge in [0, 0.05) is 25.1 Å². The molecule has 35 heavy (non-hydrogen) atoms. The number of rotatable bonds is 10. The standard InChI is InChI=1S/C24H24N6O5/c1-35-20-9-4-17(5-10-20)6-11-22(31)25-12-13-29-23-21(14-27-29)24(32)28(16-26-23)15-18-2-7-19(8-3-18)30(33)34/h2-5,7-10,14,16H,6,11-13,15H2,1H3,(H,25,31). The van der Waals surface area contributed by atoms with Crippen LogP contribution < -0.4 is 15.6 Å². The topological polar surface area (TPSA) is 134 Å². The van der Waals surface area contributed by atoms with Gasteiger partial charge in [-0.25, -0.2) is 9.67 Å². The van der Waals surface area contributed by atoms with Crippen LogP contribution >= 0.6 is 0 Å². The first-order valence-electron chi connectivity index (χ1n) is 11.0. The monoisotopic (exact) mass is 476 g/mol. The molecule has 0 aliphatic rings. The predicted octanol–water partition coefficient (Wildman–Crippen LogP) is 2.31. The highest BCUT2D eigenvalue weighted by atomic mass is 16.6. The summed E-state index contributed by atoms with van der Waals surface area (Å²) in [4.78, 5) is 39.7. The molecule has 0 aliphatic heterocycles. The summed E-state index contributed by atoms with van der Waals surface area (Å²) in [7, 11) is 1.61. The normalized spacial score (nSPS) is 10.9. The number of amides is 1. The fourth-order valence-corrected chi connectivity index (χ4v) is 3.63. The minimum absolute atomic E-state index is 0.0104. The molecule has 0 radical (unpaired) electrons. The number of aromatic nitrogens is 4. The molecule has 0 spiro atoms. The van der Waals surface area contributed by atoms with Crippen LogP contribution in [0.1, 0.15) is 17.5 Å². The number of methoxy groups -OCH3 is 1. The highest BCUT2D eigenvalue weighted by Crippen LogP contribution is 2.14. The molecule has 0 bridgehead atoms. The van der Waals surface area contributed by atoms with Gasteiger partial charge < -0.3 is 10.1 Å². The third-order valence-electron chi connectivity index (χ3n) is 5.57. The minimum atomic E-state index is -0.471. The molecule has 2 aromatic heterocycles. The molecule has 1 N–H and O–H groups in total. The van der Waals surface area contributed by atoms with Crippen LogP contribution in [0.4, 0.5) is 5.69 Å². The zero-order valence-electron chi connectivity index (χ0n) is 19.1. The largest absolute Gasteiger partial charge is 0.497 e. The molecule has 0 aliphatic carbocycles. The van der Waals surface area contributed by atoms with Crippen molar-refractivity contribution in [1.82, 2.24) is 24.6 Å². The second kappa shape index (κ2) is 10.6. The van der Waals surface area contributed by atoms with Crippen LogP contribution in [0.2, 0.25) is 0 Å². The number of non-ortho nitro benzene ring substituents is 1. The van der Waals surface area contributed by atoms with E-state index in [0.29, 0.717) is 37.0 Å². The van der Waals surface area contributed by atoms with Crippen LogP contribution in [0.25, 0.3) is 11.0 Å². The Morgan fingerprint density at radius 3 is 2.51 bits per heavy atom. The molecule has 4 rings (SSSR count). The molecule has 2 aromatic carbocycles. The lowest BCUT2D eigenvalue weighted by atomic mass is 10.1. The van der Waals surface area contributed by atoms with Gasteiger partial charge in [0.1, 0.15) is 17.5 Å². The average molecular weight is 476 g/mol. The van der Waals surface area contributed by atoms with Crippen LogP contribution in [0, 0.1) is 10.1 Å². The number of hydrogen-bond acceptors (Lipinski definition) is 7. The van der Waals surface area contributed by atoms with E-state index in [0.717, 1.165) is 16.9 Å². The third-order valence-corrected chi connectivity index (χ3v) is 5.57. The van der Waals surface area contributed by atoms with Gasteiger partial charge in [0.15, 0.2) is 5.65 Å². The summed E-state index contributed by atoms with van der Waals surface area (Å²) < 4.78 is 8.14. The number of hydrogen-bond donors (Lipinski definition) is 1. The van der Waals surface area contributed by atoms with Gasteiger partial charge in [0.25, 0.3) is 11.2 Å². The zero-order chi connectivity index (χ0) is 24.8. The van der Waals surface area contributed by atoms with Crippen molar-refractivity contribution in [2.75, 3.05) is 13.7 Å². The molecule has 0 saturated heterocycles. The van der Waals surface area contributed by atoms with Crippen molar-refractivity contribution in [3.8, 4) is 5.75 Å². The molecule has 2 heterocycles. The van der Waals surface area contributed by atoms with Crippen LogP contribution in [-0.4, -0.2) is 43.8 Å². The summed E-state index contributed by atoms with van der Waals surface area (Å²) in [5.41, 5.74) is 1.95. The number of carbonyl (C=O) groups excluding carboxylic acids is 1. The van der Waals surface area contributed by atoms with E-state index in [4.69, 9.17) is 4.74 Å². The Morgan fingerprint density at radius 1 is 1.11 bits per heavy atom. The van der Waals surface area contributed by atoms with Gasteiger partial charge in [0.2, 0.25) is 5.91 Å². The lowest BCUT2D eigenvalue weighted by Crippen LogP contribution is -2.28. The molecular formula is C24H24N6O5. The number of nitro groups is 1. The second-order valence-electron chi connectivity index (χ2n) is 7.90. The number of fused-ring (bicyclic) bond motifs is 1. The van der Waals surface area contributed by atoms with Crippen molar-refractivity contribution < 1.29 is 14.5 Å². The van der Waals surface area contributed by atoms with E-state index < -0.39 is 4.92 Å². The molecule has 11 heteroatoms. The average Bonchev–Trinajstić information content (AvgIpc) is 3.29. The lowest BCUT2D eigenvalue weighted by molar-refractivity contribution is -0.384. The van der Waals surface area contributed by atoms with E-state index in [-0.39, 0.29) is 23.7 Å². The maximum Gasteiger partial charge on any atom is 0.269 e. The quantitative estimate of drug-likeness (QED) is 0.274. The lowest BCUT2D eigenvalue weighted by Gasteiger charge is -2.08. The number of nitrogens with one attached hydrogen (secondary N) is 1. The number of nitro benzene ring substituents is 1. The van der Waals surface area contributed by atoms with Gasteiger partial charge in [-0.3, -0.25) is 24.3 Å². The zero-order valence-corrected chi connectivity index (χ0v) is 19.1. The molecule has 0 fully saturated rings. The van der Waals surface area contributed by atoms with E-state index in [9.17, 15) is 19.7 Å². The van der Waals surface area contributed by atoms with E-state index in [1.165, 1.54) is 29.2 Å². The molecule has 0 saturated carbocycles. The molecular weight excluding hydrogens is 452 g/mol. The molecule has 180 valence electrons. The number of benzene rings is 2. The summed E-state index contributed by atoms with van der Waals surface area (Å²) in [5, 5.41) is 18.3. The van der Waals surface area contributed by atoms with Gasteiger partial charge in [-0.2, -0.15) is 5.10 Å². The Balaban J connectivity index is 1.32. The number of aryl methyl sites for hydroxylation is 1. The SMILES string of the molecule is COc1ccc(CCC(=O)NCCn2ncc3c(=O)n(Cc4ccc([N+](=O)[O-])cc4)cnc32)cc1. The molecule has 1 amide bonds. The molecule has 0 unspecified atom stereocenters. The third kappa shape index (κ3) is 5.69. The van der Waals surface area contributed by atoms with E-state index >= 15 is 0 Å². The second-order valence-corrected chi connectivity index (χ2v) is 7.90.